The van der Waals surface area contributed by atoms with E-state index >= 15 is 0 Å². The van der Waals surface area contributed by atoms with Crippen LogP contribution in [0.25, 0.3) is 0 Å². The summed E-state index contributed by atoms with van der Waals surface area (Å²) in [6.45, 7) is 6.24. The van der Waals surface area contributed by atoms with Crippen molar-refractivity contribution in [3.63, 3.8) is 0 Å². The van der Waals surface area contributed by atoms with Gasteiger partial charge in [-0.3, -0.25) is 0 Å². The standard InChI is InChI=1S/C20H25N3O2/c1-14(2)16-8-5-15(6-9-16)7-10-18-17(19(24)25)13-21-20(22-18)23-11-3-4-12-23/h5-6,8-9,13-14H,3-4,7,10-12H2,1-2H3,(H,24,25). The minimum Gasteiger partial charge on any atom is -0.478 e. The van der Waals surface area contributed by atoms with E-state index in [4.69, 9.17) is 0 Å². The van der Waals surface area contributed by atoms with Crippen molar-refractivity contribution in [2.24, 2.45) is 0 Å². The molecular formula is C20H25N3O2. The third-order valence-corrected chi connectivity index (χ3v) is 4.77. The summed E-state index contributed by atoms with van der Waals surface area (Å²) in [5, 5.41) is 9.42. The highest BCUT2D eigenvalue weighted by molar-refractivity contribution is 5.88. The molecule has 1 fully saturated rings. The molecule has 132 valence electrons. The Morgan fingerprint density at radius 3 is 2.44 bits per heavy atom. The molecule has 5 nitrogen and oxygen atoms in total. The Kier molecular flexibility index (Phi) is 5.31. The van der Waals surface area contributed by atoms with Gasteiger partial charge in [-0.1, -0.05) is 38.1 Å². The van der Waals surface area contributed by atoms with E-state index in [0.717, 1.165) is 32.4 Å². The molecule has 5 heteroatoms. The number of hydrogen-bond acceptors (Lipinski definition) is 4. The summed E-state index contributed by atoms with van der Waals surface area (Å²) < 4.78 is 0. The number of aryl methyl sites for hydroxylation is 2. The lowest BCUT2D eigenvalue weighted by atomic mass is 9.99. The average Bonchev–Trinajstić information content (AvgIpc) is 3.14. The molecule has 1 saturated heterocycles. The number of carboxylic acids is 1. The first-order valence-electron chi connectivity index (χ1n) is 8.97. The largest absolute Gasteiger partial charge is 0.478 e. The number of hydrogen-bond donors (Lipinski definition) is 1. The predicted octanol–water partition coefficient (Wildman–Crippen LogP) is 3.68. The zero-order valence-electron chi connectivity index (χ0n) is 14.9. The second-order valence-electron chi connectivity index (χ2n) is 6.93. The number of carboxylic acid groups (broad SMARTS) is 1. The molecule has 1 N–H and O–H groups in total. The van der Waals surface area contributed by atoms with Crippen molar-refractivity contribution < 1.29 is 9.90 Å². The van der Waals surface area contributed by atoms with Crippen molar-refractivity contribution >= 4 is 11.9 Å². The van der Waals surface area contributed by atoms with Gasteiger partial charge in [0.05, 0.1) is 11.3 Å². The normalized spacial score (nSPS) is 14.3. The highest BCUT2D eigenvalue weighted by Gasteiger charge is 2.19. The van der Waals surface area contributed by atoms with Crippen LogP contribution in [0.2, 0.25) is 0 Å². The van der Waals surface area contributed by atoms with E-state index in [1.54, 1.807) is 0 Å². The van der Waals surface area contributed by atoms with Gasteiger partial charge in [0.1, 0.15) is 0 Å². The van der Waals surface area contributed by atoms with Crippen LogP contribution in [0.4, 0.5) is 5.95 Å². The molecule has 25 heavy (non-hydrogen) atoms. The van der Waals surface area contributed by atoms with Crippen LogP contribution in [0.1, 0.15) is 59.8 Å². The number of aromatic carboxylic acids is 1. The lowest BCUT2D eigenvalue weighted by Crippen LogP contribution is -2.22. The second kappa shape index (κ2) is 7.64. The average molecular weight is 339 g/mol. The molecule has 1 aromatic carbocycles. The monoisotopic (exact) mass is 339 g/mol. The van der Waals surface area contributed by atoms with Gasteiger partial charge in [-0.25, -0.2) is 14.8 Å². The fourth-order valence-electron chi connectivity index (χ4n) is 3.18. The molecule has 0 amide bonds. The minimum atomic E-state index is -0.960. The fourth-order valence-corrected chi connectivity index (χ4v) is 3.18. The van der Waals surface area contributed by atoms with Crippen molar-refractivity contribution in [2.45, 2.75) is 45.4 Å². The quantitative estimate of drug-likeness (QED) is 0.869. The van der Waals surface area contributed by atoms with Crippen LogP contribution in [0.5, 0.6) is 0 Å². The zero-order valence-corrected chi connectivity index (χ0v) is 14.9. The maximum Gasteiger partial charge on any atom is 0.339 e. The van der Waals surface area contributed by atoms with E-state index in [1.807, 2.05) is 0 Å². The van der Waals surface area contributed by atoms with Gasteiger partial charge in [0.2, 0.25) is 5.95 Å². The minimum absolute atomic E-state index is 0.210. The molecular weight excluding hydrogens is 314 g/mol. The molecule has 1 aliphatic rings. The molecule has 2 heterocycles. The molecule has 0 saturated carbocycles. The predicted molar refractivity (Wildman–Crippen MR) is 98.4 cm³/mol. The van der Waals surface area contributed by atoms with Crippen molar-refractivity contribution in [3.05, 3.63) is 52.8 Å². The molecule has 1 aliphatic heterocycles. The van der Waals surface area contributed by atoms with E-state index in [-0.39, 0.29) is 5.56 Å². The first-order valence-corrected chi connectivity index (χ1v) is 8.97. The van der Waals surface area contributed by atoms with Crippen molar-refractivity contribution in [2.75, 3.05) is 18.0 Å². The number of rotatable bonds is 6. The molecule has 0 aliphatic carbocycles. The van der Waals surface area contributed by atoms with Gasteiger partial charge in [0.15, 0.2) is 0 Å². The molecule has 3 rings (SSSR count). The molecule has 0 unspecified atom stereocenters. The van der Waals surface area contributed by atoms with Crippen LogP contribution < -0.4 is 4.90 Å². The van der Waals surface area contributed by atoms with E-state index in [2.05, 4.69) is 53.0 Å². The van der Waals surface area contributed by atoms with Crippen molar-refractivity contribution in [3.8, 4) is 0 Å². The number of carbonyl (C=O) groups is 1. The Bertz CT molecular complexity index is 735. The Balaban J connectivity index is 1.77. The molecule has 2 aromatic rings. The number of anilines is 1. The van der Waals surface area contributed by atoms with E-state index in [1.165, 1.54) is 17.3 Å². The topological polar surface area (TPSA) is 66.3 Å². The van der Waals surface area contributed by atoms with Crippen molar-refractivity contribution in [1.29, 1.82) is 0 Å². The molecule has 0 bridgehead atoms. The van der Waals surface area contributed by atoms with Crippen LogP contribution in [0.3, 0.4) is 0 Å². The smallest absolute Gasteiger partial charge is 0.339 e. The lowest BCUT2D eigenvalue weighted by molar-refractivity contribution is 0.0694. The third-order valence-electron chi connectivity index (χ3n) is 4.77. The van der Waals surface area contributed by atoms with Crippen LogP contribution in [-0.4, -0.2) is 34.1 Å². The van der Waals surface area contributed by atoms with E-state index < -0.39 is 5.97 Å². The van der Waals surface area contributed by atoms with Gasteiger partial charge in [-0.2, -0.15) is 0 Å². The number of aromatic nitrogens is 2. The zero-order chi connectivity index (χ0) is 17.8. The highest BCUT2D eigenvalue weighted by Crippen LogP contribution is 2.19. The van der Waals surface area contributed by atoms with Gasteiger partial charge in [0.25, 0.3) is 0 Å². The number of benzene rings is 1. The maximum atomic E-state index is 11.5. The van der Waals surface area contributed by atoms with Gasteiger partial charge >= 0.3 is 5.97 Å². The van der Waals surface area contributed by atoms with Crippen LogP contribution in [0.15, 0.2) is 30.5 Å². The van der Waals surface area contributed by atoms with Gasteiger partial charge in [0, 0.05) is 19.3 Å². The first kappa shape index (κ1) is 17.4. The summed E-state index contributed by atoms with van der Waals surface area (Å²) in [7, 11) is 0. The Hall–Kier alpha value is -2.43. The highest BCUT2D eigenvalue weighted by atomic mass is 16.4. The summed E-state index contributed by atoms with van der Waals surface area (Å²) >= 11 is 0. The lowest BCUT2D eigenvalue weighted by Gasteiger charge is -2.16. The second-order valence-corrected chi connectivity index (χ2v) is 6.93. The van der Waals surface area contributed by atoms with Crippen LogP contribution >= 0.6 is 0 Å². The molecule has 1 aromatic heterocycles. The SMILES string of the molecule is CC(C)c1ccc(CCc2nc(N3CCCC3)ncc2C(=O)O)cc1. The molecule has 0 spiro atoms. The van der Waals surface area contributed by atoms with Gasteiger partial charge < -0.3 is 10.0 Å². The summed E-state index contributed by atoms with van der Waals surface area (Å²) in [6.07, 6.45) is 5.12. The summed E-state index contributed by atoms with van der Waals surface area (Å²) in [5.74, 6) is 0.211. The van der Waals surface area contributed by atoms with E-state index in [9.17, 15) is 9.90 Å². The van der Waals surface area contributed by atoms with E-state index in [0.29, 0.717) is 24.0 Å². The molecule has 0 radical (unpaired) electrons. The molecule has 0 atom stereocenters. The Labute approximate surface area is 148 Å². The Morgan fingerprint density at radius 1 is 1.16 bits per heavy atom. The number of nitrogens with zero attached hydrogens (tertiary/aromatic N) is 3. The maximum absolute atomic E-state index is 11.5. The summed E-state index contributed by atoms with van der Waals surface area (Å²) in [4.78, 5) is 22.5. The third kappa shape index (κ3) is 4.16. The van der Waals surface area contributed by atoms with Crippen LogP contribution in [0, 0.1) is 0 Å². The summed E-state index contributed by atoms with van der Waals surface area (Å²) in [6, 6.07) is 8.54. The Morgan fingerprint density at radius 2 is 1.84 bits per heavy atom. The van der Waals surface area contributed by atoms with Gasteiger partial charge in [-0.05, 0) is 42.7 Å². The summed E-state index contributed by atoms with van der Waals surface area (Å²) in [5.41, 5.74) is 3.34. The van der Waals surface area contributed by atoms with Crippen LogP contribution in [-0.2, 0) is 12.8 Å². The fraction of sp³-hybridized carbons (Fsp3) is 0.450. The van der Waals surface area contributed by atoms with Gasteiger partial charge in [-0.15, -0.1) is 0 Å². The first-order chi connectivity index (χ1) is 12.0. The van der Waals surface area contributed by atoms with Crippen molar-refractivity contribution in [1.82, 2.24) is 9.97 Å².